The minimum Gasteiger partial charge on any atom is -0.458 e. The lowest BCUT2D eigenvalue weighted by Crippen LogP contribution is -2.19. The Hall–Kier alpha value is -1.49. The van der Waals surface area contributed by atoms with Crippen LogP contribution < -0.4 is 5.73 Å². The van der Waals surface area contributed by atoms with Crippen LogP contribution in [-0.4, -0.2) is 30.4 Å². The van der Waals surface area contributed by atoms with Crippen molar-refractivity contribution in [1.82, 2.24) is 4.57 Å². The molecule has 5 heteroatoms. The maximum Gasteiger partial charge on any atom is 0.355 e. The third-order valence-corrected chi connectivity index (χ3v) is 2.50. The van der Waals surface area contributed by atoms with Crippen LogP contribution in [0.2, 0.25) is 0 Å². The van der Waals surface area contributed by atoms with E-state index in [4.69, 9.17) is 15.2 Å². The summed E-state index contributed by atoms with van der Waals surface area (Å²) in [6.07, 6.45) is 2.25. The fourth-order valence-corrected chi connectivity index (χ4v) is 1.55. The summed E-state index contributed by atoms with van der Waals surface area (Å²) in [5, 5.41) is 0. The van der Waals surface area contributed by atoms with Crippen LogP contribution in [-0.2, 0) is 16.0 Å². The number of anilines is 1. The average molecular weight is 240 g/mol. The fraction of sp³-hybridized carbons (Fsp3) is 0.583. The number of methoxy groups -OCH3 is 1. The number of carbonyl (C=O) groups is 1. The summed E-state index contributed by atoms with van der Waals surface area (Å²) in [7, 11) is 1.62. The van der Waals surface area contributed by atoms with Gasteiger partial charge in [-0.2, -0.15) is 0 Å². The highest BCUT2D eigenvalue weighted by molar-refractivity contribution is 5.89. The molecule has 5 nitrogen and oxygen atoms in total. The molecule has 0 saturated heterocycles. The fourth-order valence-electron chi connectivity index (χ4n) is 1.55. The number of aryl methyl sites for hydroxylation is 1. The number of aromatic nitrogens is 1. The summed E-state index contributed by atoms with van der Waals surface area (Å²) in [5.74, 6) is -0.341. The molecule has 0 radical (unpaired) electrons. The number of esters is 1. The third kappa shape index (κ3) is 3.78. The first-order valence-electron chi connectivity index (χ1n) is 5.74. The van der Waals surface area contributed by atoms with Crippen LogP contribution in [0.4, 0.5) is 5.69 Å². The Morgan fingerprint density at radius 3 is 2.88 bits per heavy atom. The number of nitrogens with two attached hydrogens (primary N) is 1. The van der Waals surface area contributed by atoms with Crippen molar-refractivity contribution in [2.24, 2.45) is 0 Å². The van der Waals surface area contributed by atoms with Crippen molar-refractivity contribution in [2.45, 2.75) is 32.9 Å². The molecular weight excluding hydrogens is 220 g/mol. The van der Waals surface area contributed by atoms with E-state index in [0.29, 0.717) is 31.0 Å². The number of ether oxygens (including phenoxy) is 2. The lowest BCUT2D eigenvalue weighted by atomic mass is 10.3. The monoisotopic (exact) mass is 240 g/mol. The molecule has 1 unspecified atom stereocenters. The molecule has 96 valence electrons. The zero-order valence-corrected chi connectivity index (χ0v) is 10.6. The molecule has 0 amide bonds. The summed E-state index contributed by atoms with van der Waals surface area (Å²) in [6, 6.07) is 1.63. The van der Waals surface area contributed by atoms with Crippen molar-refractivity contribution in [2.75, 3.05) is 19.5 Å². The van der Waals surface area contributed by atoms with Gasteiger partial charge in [0.2, 0.25) is 0 Å². The van der Waals surface area contributed by atoms with E-state index in [1.165, 1.54) is 0 Å². The van der Waals surface area contributed by atoms with E-state index in [0.717, 1.165) is 0 Å². The van der Waals surface area contributed by atoms with E-state index in [1.807, 2.05) is 13.8 Å². The van der Waals surface area contributed by atoms with Gasteiger partial charge in [0, 0.05) is 32.9 Å². The smallest absolute Gasteiger partial charge is 0.355 e. The highest BCUT2D eigenvalue weighted by Gasteiger charge is 2.16. The highest BCUT2D eigenvalue weighted by Crippen LogP contribution is 2.13. The van der Waals surface area contributed by atoms with Crippen LogP contribution in [0, 0.1) is 0 Å². The SMILES string of the molecule is CCn1cc(N)cc1C(=O)OC(C)CCOC. The summed E-state index contributed by atoms with van der Waals surface area (Å²) in [5.41, 5.74) is 6.72. The Bertz CT molecular complexity index is 374. The zero-order chi connectivity index (χ0) is 12.8. The Balaban J connectivity index is 2.62. The second-order valence-corrected chi connectivity index (χ2v) is 3.94. The van der Waals surface area contributed by atoms with Crippen molar-refractivity contribution in [3.05, 3.63) is 18.0 Å². The molecule has 17 heavy (non-hydrogen) atoms. The number of hydrogen-bond acceptors (Lipinski definition) is 4. The Morgan fingerprint density at radius 1 is 1.59 bits per heavy atom. The maximum atomic E-state index is 11.9. The minimum atomic E-state index is -0.341. The lowest BCUT2D eigenvalue weighted by Gasteiger charge is -2.13. The van der Waals surface area contributed by atoms with Crippen molar-refractivity contribution < 1.29 is 14.3 Å². The van der Waals surface area contributed by atoms with Gasteiger partial charge >= 0.3 is 5.97 Å². The molecule has 1 aromatic rings. The van der Waals surface area contributed by atoms with Gasteiger partial charge in [-0.05, 0) is 19.9 Å². The van der Waals surface area contributed by atoms with E-state index in [1.54, 1.807) is 23.9 Å². The highest BCUT2D eigenvalue weighted by atomic mass is 16.5. The van der Waals surface area contributed by atoms with Gasteiger partial charge in [0.15, 0.2) is 0 Å². The van der Waals surface area contributed by atoms with Crippen LogP contribution in [0.15, 0.2) is 12.3 Å². The lowest BCUT2D eigenvalue weighted by molar-refractivity contribution is 0.0255. The van der Waals surface area contributed by atoms with Gasteiger partial charge in [-0.1, -0.05) is 0 Å². The zero-order valence-electron chi connectivity index (χ0n) is 10.6. The molecule has 1 atom stereocenters. The van der Waals surface area contributed by atoms with Gasteiger partial charge in [0.1, 0.15) is 11.8 Å². The Morgan fingerprint density at radius 2 is 2.29 bits per heavy atom. The van der Waals surface area contributed by atoms with E-state index in [-0.39, 0.29) is 12.1 Å². The topological polar surface area (TPSA) is 66.5 Å². The van der Waals surface area contributed by atoms with E-state index in [2.05, 4.69) is 0 Å². The minimum absolute atomic E-state index is 0.163. The Kier molecular flexibility index (Phi) is 5.03. The second-order valence-electron chi connectivity index (χ2n) is 3.94. The molecule has 1 rings (SSSR count). The van der Waals surface area contributed by atoms with E-state index in [9.17, 15) is 4.79 Å². The van der Waals surface area contributed by atoms with Crippen LogP contribution in [0.3, 0.4) is 0 Å². The summed E-state index contributed by atoms with van der Waals surface area (Å²) < 4.78 is 12.0. The molecule has 0 fully saturated rings. The van der Waals surface area contributed by atoms with Crippen LogP contribution in [0.25, 0.3) is 0 Å². The number of rotatable bonds is 6. The number of hydrogen-bond donors (Lipinski definition) is 1. The van der Waals surface area contributed by atoms with Gasteiger partial charge in [-0.15, -0.1) is 0 Å². The largest absolute Gasteiger partial charge is 0.458 e. The molecule has 0 aliphatic heterocycles. The first-order valence-corrected chi connectivity index (χ1v) is 5.74. The van der Waals surface area contributed by atoms with Crippen LogP contribution >= 0.6 is 0 Å². The summed E-state index contributed by atoms with van der Waals surface area (Å²) in [6.45, 7) is 5.06. The molecule has 2 N–H and O–H groups in total. The van der Waals surface area contributed by atoms with Crippen molar-refractivity contribution >= 4 is 11.7 Å². The normalized spacial score (nSPS) is 12.4. The standard InChI is InChI=1S/C12H20N2O3/c1-4-14-8-10(13)7-11(14)12(15)17-9(2)5-6-16-3/h7-9H,4-6,13H2,1-3H3. The summed E-state index contributed by atoms with van der Waals surface area (Å²) in [4.78, 5) is 11.9. The number of carbonyl (C=O) groups excluding carboxylic acids is 1. The molecule has 1 heterocycles. The molecule has 0 aromatic carbocycles. The summed E-state index contributed by atoms with van der Waals surface area (Å²) >= 11 is 0. The van der Waals surface area contributed by atoms with E-state index >= 15 is 0 Å². The predicted octanol–water partition coefficient (Wildman–Crippen LogP) is 1.67. The number of nitrogen functional groups attached to an aromatic ring is 1. The predicted molar refractivity (Wildman–Crippen MR) is 65.9 cm³/mol. The number of nitrogens with zero attached hydrogens (tertiary/aromatic N) is 1. The third-order valence-electron chi connectivity index (χ3n) is 2.50. The molecule has 0 spiro atoms. The van der Waals surface area contributed by atoms with Crippen LogP contribution in [0.1, 0.15) is 30.8 Å². The van der Waals surface area contributed by atoms with Crippen molar-refractivity contribution in [1.29, 1.82) is 0 Å². The van der Waals surface area contributed by atoms with Gasteiger partial charge in [0.05, 0.1) is 5.69 Å². The second kappa shape index (κ2) is 6.30. The molecule has 0 saturated carbocycles. The van der Waals surface area contributed by atoms with E-state index < -0.39 is 0 Å². The van der Waals surface area contributed by atoms with Crippen LogP contribution in [0.5, 0.6) is 0 Å². The van der Waals surface area contributed by atoms with Gasteiger partial charge in [-0.3, -0.25) is 0 Å². The molecule has 0 aliphatic carbocycles. The van der Waals surface area contributed by atoms with Crippen molar-refractivity contribution in [3.63, 3.8) is 0 Å². The maximum absolute atomic E-state index is 11.9. The van der Waals surface area contributed by atoms with Gasteiger partial charge in [0.25, 0.3) is 0 Å². The van der Waals surface area contributed by atoms with Gasteiger partial charge < -0.3 is 19.8 Å². The molecular formula is C12H20N2O3. The molecule has 0 aliphatic rings. The molecule has 0 bridgehead atoms. The first kappa shape index (κ1) is 13.6. The van der Waals surface area contributed by atoms with Gasteiger partial charge in [-0.25, -0.2) is 4.79 Å². The average Bonchev–Trinajstić information content (AvgIpc) is 2.67. The first-order chi connectivity index (χ1) is 8.08. The Labute approximate surface area is 101 Å². The molecule has 1 aromatic heterocycles. The van der Waals surface area contributed by atoms with Crippen molar-refractivity contribution in [3.8, 4) is 0 Å². The quantitative estimate of drug-likeness (QED) is 0.768.